The number of rotatable bonds is 5. The second-order valence-corrected chi connectivity index (χ2v) is 5.65. The third-order valence-electron chi connectivity index (χ3n) is 3.96. The number of benzene rings is 1. The molecule has 0 unspecified atom stereocenters. The zero-order chi connectivity index (χ0) is 17.6. The fraction of sp³-hybridized carbons (Fsp3) is 0.333. The van der Waals surface area contributed by atoms with Crippen molar-refractivity contribution in [2.24, 2.45) is 0 Å². The van der Waals surface area contributed by atoms with Gasteiger partial charge in [-0.2, -0.15) is 0 Å². The molecule has 0 bridgehead atoms. The van der Waals surface area contributed by atoms with Gasteiger partial charge in [-0.3, -0.25) is 4.79 Å². The number of carbonyl (C=O) groups excluding carboxylic acids is 1. The van der Waals surface area contributed by atoms with E-state index in [1.807, 2.05) is 12.1 Å². The minimum absolute atomic E-state index is 0.0244. The standard InChI is InChI=1S/C18H21N3O4/c1-23-13-5-7-14(8-6-13)25-12-18(22)21-9-10-24-16(11-21)15-3-2-4-17(19)20-15/h2-8,16H,9-12H2,1H3,(H2,19,20)/t16-/m0/s1. The van der Waals surface area contributed by atoms with Crippen LogP contribution in [0.3, 0.4) is 0 Å². The molecule has 1 saturated heterocycles. The summed E-state index contributed by atoms with van der Waals surface area (Å²) >= 11 is 0. The van der Waals surface area contributed by atoms with Gasteiger partial charge in [0.25, 0.3) is 5.91 Å². The third-order valence-corrected chi connectivity index (χ3v) is 3.96. The van der Waals surface area contributed by atoms with Crippen molar-refractivity contribution in [1.29, 1.82) is 0 Å². The first-order chi connectivity index (χ1) is 12.2. The Balaban J connectivity index is 1.56. The fourth-order valence-electron chi connectivity index (χ4n) is 2.61. The first-order valence-electron chi connectivity index (χ1n) is 8.04. The molecular formula is C18H21N3O4. The molecule has 1 atom stereocenters. The highest BCUT2D eigenvalue weighted by atomic mass is 16.5. The van der Waals surface area contributed by atoms with Crippen LogP contribution in [0.1, 0.15) is 11.8 Å². The minimum Gasteiger partial charge on any atom is -0.497 e. The zero-order valence-electron chi connectivity index (χ0n) is 14.1. The number of hydrogen-bond donors (Lipinski definition) is 1. The summed E-state index contributed by atoms with van der Waals surface area (Å²) in [4.78, 5) is 18.4. The van der Waals surface area contributed by atoms with Gasteiger partial charge in [-0.25, -0.2) is 4.98 Å². The van der Waals surface area contributed by atoms with Crippen molar-refractivity contribution in [3.8, 4) is 11.5 Å². The molecule has 0 saturated carbocycles. The second kappa shape index (κ2) is 7.85. The molecule has 1 aromatic heterocycles. The monoisotopic (exact) mass is 343 g/mol. The number of morpholine rings is 1. The van der Waals surface area contributed by atoms with Gasteiger partial charge in [-0.05, 0) is 36.4 Å². The largest absolute Gasteiger partial charge is 0.497 e. The minimum atomic E-state index is -0.276. The van der Waals surface area contributed by atoms with E-state index >= 15 is 0 Å². The Morgan fingerprint density at radius 2 is 2.04 bits per heavy atom. The lowest BCUT2D eigenvalue weighted by molar-refractivity contribution is -0.141. The Hall–Kier alpha value is -2.80. The van der Waals surface area contributed by atoms with Crippen LogP contribution < -0.4 is 15.2 Å². The van der Waals surface area contributed by atoms with Gasteiger partial charge in [0.2, 0.25) is 0 Å². The highest BCUT2D eigenvalue weighted by Gasteiger charge is 2.26. The molecule has 7 nitrogen and oxygen atoms in total. The lowest BCUT2D eigenvalue weighted by Crippen LogP contribution is -2.44. The molecule has 25 heavy (non-hydrogen) atoms. The van der Waals surface area contributed by atoms with Gasteiger partial charge in [0.1, 0.15) is 23.4 Å². The molecular weight excluding hydrogens is 322 g/mol. The summed E-state index contributed by atoms with van der Waals surface area (Å²) in [6.07, 6.45) is -0.276. The van der Waals surface area contributed by atoms with Crippen LogP contribution in [0.15, 0.2) is 42.5 Å². The highest BCUT2D eigenvalue weighted by Crippen LogP contribution is 2.22. The van der Waals surface area contributed by atoms with E-state index in [1.165, 1.54) is 0 Å². The molecule has 2 heterocycles. The van der Waals surface area contributed by atoms with Crippen LogP contribution in [0, 0.1) is 0 Å². The van der Waals surface area contributed by atoms with Crippen molar-refractivity contribution < 1.29 is 19.0 Å². The van der Waals surface area contributed by atoms with Crippen LogP contribution in [0.25, 0.3) is 0 Å². The van der Waals surface area contributed by atoms with Gasteiger partial charge in [-0.1, -0.05) is 6.07 Å². The molecule has 1 aliphatic rings. The number of methoxy groups -OCH3 is 1. The van der Waals surface area contributed by atoms with Crippen LogP contribution in [-0.4, -0.2) is 49.2 Å². The Labute approximate surface area is 146 Å². The van der Waals surface area contributed by atoms with Gasteiger partial charge < -0.3 is 24.8 Å². The summed E-state index contributed by atoms with van der Waals surface area (Å²) in [7, 11) is 1.60. The van der Waals surface area contributed by atoms with E-state index in [4.69, 9.17) is 19.9 Å². The number of amides is 1. The predicted molar refractivity (Wildman–Crippen MR) is 92.4 cm³/mol. The molecule has 7 heteroatoms. The Kier molecular flexibility index (Phi) is 5.35. The third kappa shape index (κ3) is 4.39. The number of nitrogen functional groups attached to an aromatic ring is 1. The zero-order valence-corrected chi connectivity index (χ0v) is 14.1. The van der Waals surface area contributed by atoms with E-state index in [-0.39, 0.29) is 18.6 Å². The van der Waals surface area contributed by atoms with Gasteiger partial charge in [-0.15, -0.1) is 0 Å². The van der Waals surface area contributed by atoms with E-state index < -0.39 is 0 Å². The summed E-state index contributed by atoms with van der Waals surface area (Å²) in [6.45, 7) is 1.39. The highest BCUT2D eigenvalue weighted by molar-refractivity contribution is 5.78. The van der Waals surface area contributed by atoms with E-state index in [0.29, 0.717) is 31.3 Å². The summed E-state index contributed by atoms with van der Waals surface area (Å²) in [5, 5.41) is 0. The summed E-state index contributed by atoms with van der Waals surface area (Å²) in [6, 6.07) is 12.5. The molecule has 2 aromatic rings. The van der Waals surface area contributed by atoms with E-state index in [1.54, 1.807) is 42.3 Å². The molecule has 1 fully saturated rings. The fourth-order valence-corrected chi connectivity index (χ4v) is 2.61. The van der Waals surface area contributed by atoms with Crippen molar-refractivity contribution in [2.75, 3.05) is 39.1 Å². The maximum atomic E-state index is 12.4. The molecule has 1 aromatic carbocycles. The number of aromatic nitrogens is 1. The Bertz CT molecular complexity index is 721. The SMILES string of the molecule is COc1ccc(OCC(=O)N2CCO[C@H](c3cccc(N)n3)C2)cc1. The first kappa shape index (κ1) is 17.0. The molecule has 0 spiro atoms. The number of anilines is 1. The lowest BCUT2D eigenvalue weighted by atomic mass is 10.2. The van der Waals surface area contributed by atoms with Gasteiger partial charge in [0, 0.05) is 6.54 Å². The summed E-state index contributed by atoms with van der Waals surface area (Å²) in [5.41, 5.74) is 6.45. The van der Waals surface area contributed by atoms with Crippen LogP contribution in [0.2, 0.25) is 0 Å². The quantitative estimate of drug-likeness (QED) is 0.888. The molecule has 132 valence electrons. The molecule has 0 aliphatic carbocycles. The van der Waals surface area contributed by atoms with Crippen molar-refractivity contribution in [1.82, 2.24) is 9.88 Å². The Morgan fingerprint density at radius 1 is 1.28 bits per heavy atom. The number of hydrogen-bond acceptors (Lipinski definition) is 6. The van der Waals surface area contributed by atoms with Crippen LogP contribution in [0.5, 0.6) is 11.5 Å². The normalized spacial score (nSPS) is 17.2. The van der Waals surface area contributed by atoms with Crippen molar-refractivity contribution in [2.45, 2.75) is 6.10 Å². The second-order valence-electron chi connectivity index (χ2n) is 5.65. The summed E-state index contributed by atoms with van der Waals surface area (Å²) in [5.74, 6) is 1.71. The maximum Gasteiger partial charge on any atom is 0.260 e. The number of carbonyl (C=O) groups is 1. The first-order valence-corrected chi connectivity index (χ1v) is 8.04. The number of nitrogens with zero attached hydrogens (tertiary/aromatic N) is 2. The predicted octanol–water partition coefficient (Wildman–Crippen LogP) is 1.65. The van der Waals surface area contributed by atoms with Crippen LogP contribution >= 0.6 is 0 Å². The number of pyridine rings is 1. The van der Waals surface area contributed by atoms with E-state index in [0.717, 1.165) is 11.4 Å². The van der Waals surface area contributed by atoms with Gasteiger partial charge >= 0.3 is 0 Å². The number of ether oxygens (including phenoxy) is 3. The van der Waals surface area contributed by atoms with Gasteiger partial charge in [0.05, 0.1) is 26.0 Å². The average molecular weight is 343 g/mol. The molecule has 2 N–H and O–H groups in total. The van der Waals surface area contributed by atoms with Crippen molar-refractivity contribution >= 4 is 11.7 Å². The van der Waals surface area contributed by atoms with Crippen LogP contribution in [0.4, 0.5) is 5.82 Å². The Morgan fingerprint density at radius 3 is 2.76 bits per heavy atom. The van der Waals surface area contributed by atoms with Crippen LogP contribution in [-0.2, 0) is 9.53 Å². The molecule has 1 aliphatic heterocycles. The molecule has 3 rings (SSSR count). The maximum absolute atomic E-state index is 12.4. The molecule has 0 radical (unpaired) electrons. The van der Waals surface area contributed by atoms with E-state index in [2.05, 4.69) is 4.98 Å². The summed E-state index contributed by atoms with van der Waals surface area (Å²) < 4.78 is 16.4. The van der Waals surface area contributed by atoms with E-state index in [9.17, 15) is 4.79 Å². The molecule has 1 amide bonds. The van der Waals surface area contributed by atoms with Gasteiger partial charge in [0.15, 0.2) is 6.61 Å². The van der Waals surface area contributed by atoms with Crippen molar-refractivity contribution in [3.63, 3.8) is 0 Å². The topological polar surface area (TPSA) is 86.9 Å². The average Bonchev–Trinajstić information content (AvgIpc) is 2.66. The lowest BCUT2D eigenvalue weighted by Gasteiger charge is -2.32. The number of nitrogens with two attached hydrogens (primary N) is 1. The van der Waals surface area contributed by atoms with Crippen molar-refractivity contribution in [3.05, 3.63) is 48.2 Å². The smallest absolute Gasteiger partial charge is 0.260 e.